The Hall–Kier alpha value is -3.67. The summed E-state index contributed by atoms with van der Waals surface area (Å²) in [5.74, 6) is -0.874. The van der Waals surface area contributed by atoms with Gasteiger partial charge >= 0.3 is 17.9 Å². The molecule has 6 nitrogen and oxygen atoms in total. The summed E-state index contributed by atoms with van der Waals surface area (Å²) >= 11 is 0. The molecule has 0 amide bonds. The predicted octanol–water partition coefficient (Wildman–Crippen LogP) is 23.6. The summed E-state index contributed by atoms with van der Waals surface area (Å²) in [4.78, 5) is 38.4. The molecule has 0 aliphatic heterocycles. The Labute approximate surface area is 496 Å². The van der Waals surface area contributed by atoms with Crippen molar-refractivity contribution in [3.63, 3.8) is 0 Å². The van der Waals surface area contributed by atoms with Crippen molar-refractivity contribution < 1.29 is 28.6 Å². The molecule has 0 rings (SSSR count). The molecule has 0 bridgehead atoms. The number of hydrogen-bond donors (Lipinski definition) is 0. The Bertz CT molecular complexity index is 1560. The van der Waals surface area contributed by atoms with E-state index in [-0.39, 0.29) is 31.1 Å². The summed E-state index contributed by atoms with van der Waals surface area (Å²) < 4.78 is 17.0. The van der Waals surface area contributed by atoms with Gasteiger partial charge in [-0.3, -0.25) is 14.4 Å². The molecule has 0 fully saturated rings. The minimum absolute atomic E-state index is 0.0769. The van der Waals surface area contributed by atoms with Gasteiger partial charge in [0.1, 0.15) is 13.2 Å². The van der Waals surface area contributed by atoms with Gasteiger partial charge in [0.2, 0.25) is 0 Å². The second-order valence-corrected chi connectivity index (χ2v) is 22.7. The monoisotopic (exact) mass is 1110 g/mol. The van der Waals surface area contributed by atoms with E-state index < -0.39 is 6.10 Å². The van der Waals surface area contributed by atoms with Gasteiger partial charge in [-0.15, -0.1) is 0 Å². The lowest BCUT2D eigenvalue weighted by Crippen LogP contribution is -2.30. The Morgan fingerprint density at radius 2 is 0.487 bits per heavy atom. The van der Waals surface area contributed by atoms with E-state index >= 15 is 0 Å². The third-order valence-electron chi connectivity index (χ3n) is 14.9. The smallest absolute Gasteiger partial charge is 0.306 e. The fourth-order valence-electron chi connectivity index (χ4n) is 9.76. The zero-order valence-corrected chi connectivity index (χ0v) is 52.8. The molecule has 1 atom stereocenters. The van der Waals surface area contributed by atoms with Gasteiger partial charge in [0.05, 0.1) is 0 Å². The first-order chi connectivity index (χ1) is 39.5. The maximum Gasteiger partial charge on any atom is 0.306 e. The van der Waals surface area contributed by atoms with Crippen molar-refractivity contribution in [1.82, 2.24) is 0 Å². The lowest BCUT2D eigenvalue weighted by atomic mass is 10.0. The third kappa shape index (κ3) is 65.1. The number of ether oxygens (including phenoxy) is 3. The summed E-state index contributed by atoms with van der Waals surface area (Å²) in [7, 11) is 0. The maximum atomic E-state index is 12.9. The number of allylic oxidation sites excluding steroid dienone is 16. The van der Waals surface area contributed by atoms with Crippen LogP contribution in [0.5, 0.6) is 0 Å². The number of rotatable bonds is 62. The molecule has 80 heavy (non-hydrogen) atoms. The molecule has 0 heterocycles. The Balaban J connectivity index is 4.31. The Morgan fingerprint density at radius 1 is 0.263 bits per heavy atom. The van der Waals surface area contributed by atoms with E-state index in [1.165, 1.54) is 173 Å². The Kier molecular flexibility index (Phi) is 64.7. The molecule has 0 aromatic rings. The van der Waals surface area contributed by atoms with Gasteiger partial charge in [-0.2, -0.15) is 0 Å². The predicted molar refractivity (Wildman–Crippen MR) is 348 cm³/mol. The lowest BCUT2D eigenvalue weighted by molar-refractivity contribution is -0.167. The van der Waals surface area contributed by atoms with Crippen LogP contribution < -0.4 is 0 Å². The first kappa shape index (κ1) is 76.3. The number of carbonyl (C=O) groups is 3. The van der Waals surface area contributed by atoms with Crippen LogP contribution in [0.4, 0.5) is 0 Å². The van der Waals surface area contributed by atoms with Crippen LogP contribution in [-0.4, -0.2) is 37.2 Å². The molecule has 0 aliphatic rings. The van der Waals surface area contributed by atoms with Crippen LogP contribution in [0.15, 0.2) is 97.2 Å². The van der Waals surface area contributed by atoms with Crippen molar-refractivity contribution in [3.8, 4) is 0 Å². The molecular weight excluding hydrogens is 985 g/mol. The molecule has 0 N–H and O–H groups in total. The van der Waals surface area contributed by atoms with Crippen molar-refractivity contribution in [2.75, 3.05) is 13.2 Å². The zero-order valence-electron chi connectivity index (χ0n) is 52.8. The molecule has 0 spiro atoms. The number of hydrogen-bond acceptors (Lipinski definition) is 6. The van der Waals surface area contributed by atoms with Gasteiger partial charge in [-0.25, -0.2) is 0 Å². The summed E-state index contributed by atoms with van der Waals surface area (Å²) in [5.41, 5.74) is 0. The van der Waals surface area contributed by atoms with Crippen LogP contribution in [0.25, 0.3) is 0 Å². The highest BCUT2D eigenvalue weighted by molar-refractivity contribution is 5.71. The standard InChI is InChI=1S/C74H128O6/c1-4-7-10-13-16-19-22-25-28-30-31-32-33-34-35-36-37-38-39-40-41-42-43-44-47-49-52-55-58-61-64-67-73(76)79-70-71(69-78-72(75)66-63-60-57-54-51-48-45-27-24-21-18-15-12-9-6-3)80-74(77)68-65-62-59-56-53-50-46-29-26-23-20-17-14-11-8-5-2/h7,10,16,19,25,28,31-32,34-35,37-38,40-41,43-44,71H,4-6,8-9,11-15,17-18,20-24,26-27,29-30,33,36,39,42,45-70H2,1-3H3/b10-7-,19-16-,28-25-,32-31-,35-34-,38-37-,41-40-,44-43-. The maximum absolute atomic E-state index is 12.9. The van der Waals surface area contributed by atoms with Crippen LogP contribution >= 0.6 is 0 Å². The van der Waals surface area contributed by atoms with Crippen LogP contribution in [0, 0.1) is 0 Å². The lowest BCUT2D eigenvalue weighted by Gasteiger charge is -2.18. The van der Waals surface area contributed by atoms with E-state index in [0.29, 0.717) is 19.3 Å². The minimum Gasteiger partial charge on any atom is -0.462 e. The van der Waals surface area contributed by atoms with E-state index in [4.69, 9.17) is 14.2 Å². The van der Waals surface area contributed by atoms with Crippen molar-refractivity contribution in [2.45, 2.75) is 341 Å². The van der Waals surface area contributed by atoms with E-state index in [1.807, 2.05) is 0 Å². The van der Waals surface area contributed by atoms with Gasteiger partial charge in [-0.05, 0) is 83.5 Å². The first-order valence-electron chi connectivity index (χ1n) is 34.2. The molecule has 1 unspecified atom stereocenters. The highest BCUT2D eigenvalue weighted by Gasteiger charge is 2.19. The zero-order chi connectivity index (χ0) is 57.8. The fraction of sp³-hybridized carbons (Fsp3) is 0.743. The van der Waals surface area contributed by atoms with Gasteiger partial charge in [0.25, 0.3) is 0 Å². The van der Waals surface area contributed by atoms with Gasteiger partial charge in [-0.1, -0.05) is 330 Å². The third-order valence-corrected chi connectivity index (χ3v) is 14.9. The topological polar surface area (TPSA) is 78.9 Å². The molecule has 0 radical (unpaired) electrons. The van der Waals surface area contributed by atoms with Crippen LogP contribution in [0.2, 0.25) is 0 Å². The van der Waals surface area contributed by atoms with Crippen molar-refractivity contribution in [2.24, 2.45) is 0 Å². The van der Waals surface area contributed by atoms with Crippen molar-refractivity contribution in [3.05, 3.63) is 97.2 Å². The van der Waals surface area contributed by atoms with Crippen molar-refractivity contribution in [1.29, 1.82) is 0 Å². The quantitative estimate of drug-likeness (QED) is 0.0261. The summed E-state index contributed by atoms with van der Waals surface area (Å²) in [6.45, 7) is 6.56. The first-order valence-corrected chi connectivity index (χ1v) is 34.2. The SMILES string of the molecule is CC/C=C\C/C=C\C/C=C\C/C=C\C/C=C\C/C=C\C/C=C\C/C=C\CCCCCCCCC(=O)OCC(COC(=O)CCCCCCCCCCCCCCCCC)OC(=O)CCCCCCCCCCCCCCCCCC. The highest BCUT2D eigenvalue weighted by atomic mass is 16.6. The fourth-order valence-corrected chi connectivity index (χ4v) is 9.76. The normalized spacial score (nSPS) is 12.7. The van der Waals surface area contributed by atoms with Crippen LogP contribution in [-0.2, 0) is 28.6 Å². The van der Waals surface area contributed by atoms with E-state index in [2.05, 4.69) is 118 Å². The molecule has 0 saturated carbocycles. The van der Waals surface area contributed by atoms with E-state index in [1.54, 1.807) is 0 Å². The molecular formula is C74H128O6. The molecule has 6 heteroatoms. The average Bonchev–Trinajstić information content (AvgIpc) is 3.46. The average molecular weight is 1110 g/mol. The van der Waals surface area contributed by atoms with Gasteiger partial charge in [0, 0.05) is 19.3 Å². The summed E-state index contributed by atoms with van der Waals surface area (Å²) in [6.07, 6.45) is 91.3. The molecule has 0 aliphatic carbocycles. The minimum atomic E-state index is -0.782. The number of unbranched alkanes of at least 4 members (excludes halogenated alkanes) is 35. The molecule has 0 aromatic heterocycles. The summed E-state index contributed by atoms with van der Waals surface area (Å²) in [6, 6.07) is 0. The van der Waals surface area contributed by atoms with E-state index in [0.717, 1.165) is 122 Å². The second-order valence-electron chi connectivity index (χ2n) is 22.7. The van der Waals surface area contributed by atoms with Crippen molar-refractivity contribution >= 4 is 17.9 Å². The van der Waals surface area contributed by atoms with Crippen LogP contribution in [0.3, 0.4) is 0 Å². The number of carbonyl (C=O) groups excluding carboxylic acids is 3. The van der Waals surface area contributed by atoms with Crippen LogP contribution in [0.1, 0.15) is 335 Å². The largest absolute Gasteiger partial charge is 0.462 e. The summed E-state index contributed by atoms with van der Waals surface area (Å²) in [5, 5.41) is 0. The highest BCUT2D eigenvalue weighted by Crippen LogP contribution is 2.17. The van der Waals surface area contributed by atoms with Gasteiger partial charge in [0.15, 0.2) is 6.10 Å². The molecule has 0 saturated heterocycles. The Morgan fingerprint density at radius 3 is 0.762 bits per heavy atom. The molecule has 460 valence electrons. The van der Waals surface area contributed by atoms with Gasteiger partial charge < -0.3 is 14.2 Å². The van der Waals surface area contributed by atoms with E-state index in [9.17, 15) is 14.4 Å². The number of esters is 3. The second kappa shape index (κ2) is 67.8. The molecule has 0 aromatic carbocycles.